The van der Waals surface area contributed by atoms with Crippen LogP contribution in [0.5, 0.6) is 0 Å². The van der Waals surface area contributed by atoms with E-state index in [1.54, 1.807) is 0 Å². The number of allylic oxidation sites excluding steroid dienone is 1. The molecule has 0 spiro atoms. The molecule has 0 fully saturated rings. The molecule has 0 aliphatic heterocycles. The van der Waals surface area contributed by atoms with Crippen LogP contribution in [0.15, 0.2) is 42.0 Å². The van der Waals surface area contributed by atoms with Crippen LogP contribution in [-0.2, 0) is 11.3 Å². The van der Waals surface area contributed by atoms with Crippen LogP contribution in [0.3, 0.4) is 0 Å². The quantitative estimate of drug-likeness (QED) is 0.204. The highest BCUT2D eigenvalue weighted by Gasteiger charge is 2.06. The third-order valence-corrected chi connectivity index (χ3v) is 5.80. The number of rotatable bonds is 16. The summed E-state index contributed by atoms with van der Waals surface area (Å²) in [5, 5.41) is 0. The molecular weight excluding hydrogens is 340 g/mol. The summed E-state index contributed by atoms with van der Waals surface area (Å²) in [4.78, 5) is 0. The van der Waals surface area contributed by atoms with Crippen molar-refractivity contribution in [1.29, 1.82) is 0 Å². The van der Waals surface area contributed by atoms with E-state index in [1.807, 2.05) is 6.07 Å². The normalized spacial score (nSPS) is 14.4. The lowest BCUT2D eigenvalue weighted by atomic mass is 9.91. The maximum Gasteiger partial charge on any atom is 0.0721 e. The minimum Gasteiger partial charge on any atom is -0.373 e. The van der Waals surface area contributed by atoms with Crippen LogP contribution >= 0.6 is 0 Å². The zero-order valence-corrected chi connectivity index (χ0v) is 19.4. The number of ether oxygens (including phenoxy) is 1. The van der Waals surface area contributed by atoms with Gasteiger partial charge in [-0.3, -0.25) is 0 Å². The molecule has 28 heavy (non-hydrogen) atoms. The first-order chi connectivity index (χ1) is 13.5. The Morgan fingerprint density at radius 3 is 2.00 bits per heavy atom. The Morgan fingerprint density at radius 2 is 1.39 bits per heavy atom. The molecule has 1 rings (SSSR count). The van der Waals surface area contributed by atoms with Crippen molar-refractivity contribution in [2.75, 3.05) is 6.61 Å². The third-order valence-electron chi connectivity index (χ3n) is 5.80. The maximum absolute atomic E-state index is 5.76. The molecule has 0 saturated heterocycles. The minimum absolute atomic E-state index is 0.706. The Kier molecular flexibility index (Phi) is 14.1. The zero-order valence-electron chi connectivity index (χ0n) is 19.4. The molecule has 1 aromatic rings. The lowest BCUT2D eigenvalue weighted by molar-refractivity contribution is 0.148. The van der Waals surface area contributed by atoms with E-state index in [9.17, 15) is 0 Å². The molecule has 0 aromatic heterocycles. The molecule has 1 nitrogen and oxygen atoms in total. The van der Waals surface area contributed by atoms with Gasteiger partial charge in [0.2, 0.25) is 0 Å². The molecule has 1 aromatic carbocycles. The topological polar surface area (TPSA) is 9.23 Å². The van der Waals surface area contributed by atoms with Gasteiger partial charge in [-0.15, -0.1) is 0 Å². The first kappa shape index (κ1) is 25.0. The monoisotopic (exact) mass is 386 g/mol. The maximum atomic E-state index is 5.76. The Bertz CT molecular complexity index is 502. The molecule has 0 saturated carbocycles. The highest BCUT2D eigenvalue weighted by Crippen LogP contribution is 2.22. The Hall–Kier alpha value is -1.08. The van der Waals surface area contributed by atoms with Gasteiger partial charge in [0.25, 0.3) is 0 Å². The molecule has 160 valence electrons. The zero-order chi connectivity index (χ0) is 20.6. The Balaban J connectivity index is 2.01. The van der Waals surface area contributed by atoms with Crippen LogP contribution in [0.4, 0.5) is 0 Å². The van der Waals surface area contributed by atoms with E-state index in [1.165, 1.54) is 68.9 Å². The fourth-order valence-corrected chi connectivity index (χ4v) is 3.76. The molecule has 0 bridgehead atoms. The molecule has 2 unspecified atom stereocenters. The van der Waals surface area contributed by atoms with Crippen LogP contribution < -0.4 is 0 Å². The van der Waals surface area contributed by atoms with E-state index >= 15 is 0 Å². The summed E-state index contributed by atoms with van der Waals surface area (Å²) >= 11 is 0. The lowest BCUT2D eigenvalue weighted by Gasteiger charge is -2.15. The number of hydrogen-bond donors (Lipinski definition) is 0. The van der Waals surface area contributed by atoms with Gasteiger partial charge >= 0.3 is 0 Å². The fraction of sp³-hybridized carbons (Fsp3) is 0.704. The Labute approximate surface area is 176 Å². The van der Waals surface area contributed by atoms with Gasteiger partial charge in [0.1, 0.15) is 0 Å². The van der Waals surface area contributed by atoms with Crippen molar-refractivity contribution < 1.29 is 4.74 Å². The Morgan fingerprint density at radius 1 is 0.821 bits per heavy atom. The predicted molar refractivity (Wildman–Crippen MR) is 125 cm³/mol. The van der Waals surface area contributed by atoms with Gasteiger partial charge in [0, 0.05) is 0 Å². The summed E-state index contributed by atoms with van der Waals surface area (Å²) in [7, 11) is 0. The second-order valence-corrected chi connectivity index (χ2v) is 9.41. The van der Waals surface area contributed by atoms with Gasteiger partial charge < -0.3 is 4.74 Å². The van der Waals surface area contributed by atoms with E-state index in [0.29, 0.717) is 6.61 Å². The second kappa shape index (κ2) is 15.8. The van der Waals surface area contributed by atoms with Crippen molar-refractivity contribution in [3.8, 4) is 0 Å². The largest absolute Gasteiger partial charge is 0.373 e. The van der Waals surface area contributed by atoms with E-state index in [-0.39, 0.29) is 0 Å². The summed E-state index contributed by atoms with van der Waals surface area (Å²) in [6, 6.07) is 10.4. The standard InChI is InChI=1S/C27H46O/c1-23(2)12-9-13-24(3)14-10-15-25(4)16-11-17-26(5)20-21-28-22-27-18-7-6-8-19-27/h6-8,18-20,23-25H,9-17,21-22H2,1-5H3. The van der Waals surface area contributed by atoms with Crippen LogP contribution in [0.25, 0.3) is 0 Å². The van der Waals surface area contributed by atoms with Gasteiger partial charge in [-0.25, -0.2) is 0 Å². The second-order valence-electron chi connectivity index (χ2n) is 9.41. The fourth-order valence-electron chi connectivity index (χ4n) is 3.76. The SMILES string of the molecule is CC(=CCOCc1ccccc1)CCCC(C)CCCC(C)CCCC(C)C. The first-order valence-electron chi connectivity index (χ1n) is 11.7. The summed E-state index contributed by atoms with van der Waals surface area (Å²) in [6.07, 6.45) is 14.6. The van der Waals surface area contributed by atoms with Crippen LogP contribution in [-0.4, -0.2) is 6.61 Å². The van der Waals surface area contributed by atoms with Gasteiger partial charge in [0.05, 0.1) is 13.2 Å². The highest BCUT2D eigenvalue weighted by atomic mass is 16.5. The van der Waals surface area contributed by atoms with Crippen LogP contribution in [0.2, 0.25) is 0 Å². The summed E-state index contributed by atoms with van der Waals surface area (Å²) < 4.78 is 5.76. The third kappa shape index (κ3) is 14.0. The number of hydrogen-bond acceptors (Lipinski definition) is 1. The molecule has 0 radical (unpaired) electrons. The van der Waals surface area contributed by atoms with E-state index < -0.39 is 0 Å². The van der Waals surface area contributed by atoms with Crippen molar-refractivity contribution in [1.82, 2.24) is 0 Å². The molecule has 0 N–H and O–H groups in total. The molecular formula is C27H46O. The summed E-state index contributed by atoms with van der Waals surface area (Å²) in [5.74, 6) is 2.64. The summed E-state index contributed by atoms with van der Waals surface area (Å²) in [6.45, 7) is 13.2. The van der Waals surface area contributed by atoms with Gasteiger partial charge in [-0.1, -0.05) is 115 Å². The van der Waals surface area contributed by atoms with E-state index in [4.69, 9.17) is 4.74 Å². The number of benzene rings is 1. The average Bonchev–Trinajstić information content (AvgIpc) is 2.66. The van der Waals surface area contributed by atoms with Crippen molar-refractivity contribution in [2.24, 2.45) is 17.8 Å². The van der Waals surface area contributed by atoms with Crippen molar-refractivity contribution >= 4 is 0 Å². The van der Waals surface area contributed by atoms with Gasteiger partial charge in [-0.2, -0.15) is 0 Å². The molecule has 1 heteroatoms. The molecule has 0 aliphatic rings. The first-order valence-corrected chi connectivity index (χ1v) is 11.7. The summed E-state index contributed by atoms with van der Waals surface area (Å²) in [5.41, 5.74) is 2.72. The highest BCUT2D eigenvalue weighted by molar-refractivity contribution is 5.13. The molecule has 0 amide bonds. The molecule has 2 atom stereocenters. The molecule has 0 aliphatic carbocycles. The van der Waals surface area contributed by atoms with Crippen molar-refractivity contribution in [3.05, 3.63) is 47.5 Å². The van der Waals surface area contributed by atoms with Gasteiger partial charge in [0.15, 0.2) is 0 Å². The average molecular weight is 387 g/mol. The lowest BCUT2D eigenvalue weighted by Crippen LogP contribution is -2.00. The predicted octanol–water partition coefficient (Wildman–Crippen LogP) is 8.59. The van der Waals surface area contributed by atoms with Crippen LogP contribution in [0.1, 0.15) is 98.0 Å². The minimum atomic E-state index is 0.706. The van der Waals surface area contributed by atoms with Gasteiger partial charge in [-0.05, 0) is 43.1 Å². The molecule has 0 heterocycles. The smallest absolute Gasteiger partial charge is 0.0721 e. The van der Waals surface area contributed by atoms with E-state index in [2.05, 4.69) is 65.0 Å². The van der Waals surface area contributed by atoms with E-state index in [0.717, 1.165) is 24.4 Å². The van der Waals surface area contributed by atoms with Crippen molar-refractivity contribution in [3.63, 3.8) is 0 Å². The van der Waals surface area contributed by atoms with Crippen LogP contribution in [0, 0.1) is 17.8 Å². The van der Waals surface area contributed by atoms with Crippen molar-refractivity contribution in [2.45, 2.75) is 99.0 Å².